The summed E-state index contributed by atoms with van der Waals surface area (Å²) >= 11 is 2.75. The van der Waals surface area contributed by atoms with Gasteiger partial charge in [-0.05, 0) is 74.8 Å². The normalized spacial score (nSPS) is 13.6. The van der Waals surface area contributed by atoms with Crippen LogP contribution in [-0.4, -0.2) is 9.97 Å². The standard InChI is InChI=1S/C46H28N2S2/c1-2-9-29(10-3-1)32-11-6-12-33(25-32)30-19-21-31(22-20-30)34-23-24-42-40(27-34)44-46(50-42)43(47-28-48-44)36-14-7-13-35(26-36)37-16-8-17-39-38-15-4-5-18-41(38)49-45(37)39/h1-28H/i4D,5D,8D,15D,16D,17D,18D. The Hall–Kier alpha value is -5.94. The first-order valence-electron chi connectivity index (χ1n) is 19.6. The van der Waals surface area contributed by atoms with Gasteiger partial charge in [-0.3, -0.25) is 0 Å². The van der Waals surface area contributed by atoms with Gasteiger partial charge in [0.1, 0.15) is 6.33 Å². The van der Waals surface area contributed by atoms with E-state index in [1.807, 2.05) is 30.3 Å². The van der Waals surface area contributed by atoms with Crippen LogP contribution < -0.4 is 0 Å². The van der Waals surface area contributed by atoms with Crippen LogP contribution in [0, 0.1) is 0 Å². The lowest BCUT2D eigenvalue weighted by Crippen LogP contribution is -1.87. The second-order valence-corrected chi connectivity index (χ2v) is 14.2. The fraction of sp³-hybridized carbons (Fsp3) is 0. The molecule has 0 aliphatic heterocycles. The van der Waals surface area contributed by atoms with Gasteiger partial charge in [-0.15, -0.1) is 22.7 Å². The predicted molar refractivity (Wildman–Crippen MR) is 215 cm³/mol. The second-order valence-electron chi connectivity index (χ2n) is 12.1. The number of rotatable bonds is 5. The molecule has 0 saturated heterocycles. The lowest BCUT2D eigenvalue weighted by Gasteiger charge is -2.08. The van der Waals surface area contributed by atoms with Crippen LogP contribution in [0.2, 0.25) is 0 Å². The SMILES string of the molecule is [2H]c1c([2H])c([2H])c2c(sc3c(-c4cccc(-c5ncnc6c5sc5ccc(-c7ccc(-c8cccc(-c9ccccc9)c8)cc7)cc56)c4)c([2H])c([2H])c([2H])c32)c1[2H]. The molecule has 0 aliphatic carbocycles. The number of fused-ring (bicyclic) bond motifs is 6. The van der Waals surface area contributed by atoms with E-state index in [9.17, 15) is 0 Å². The third kappa shape index (κ3) is 4.92. The van der Waals surface area contributed by atoms with E-state index in [1.54, 1.807) is 17.7 Å². The summed E-state index contributed by atoms with van der Waals surface area (Å²) in [6.45, 7) is 0. The zero-order valence-electron chi connectivity index (χ0n) is 33.3. The van der Waals surface area contributed by atoms with Crippen LogP contribution in [0.4, 0.5) is 0 Å². The summed E-state index contributed by atoms with van der Waals surface area (Å²) in [5, 5.41) is 1.50. The van der Waals surface area contributed by atoms with E-state index >= 15 is 0 Å². The molecule has 0 bridgehead atoms. The summed E-state index contributed by atoms with van der Waals surface area (Å²) in [6, 6.07) is 39.8. The van der Waals surface area contributed by atoms with Crippen LogP contribution in [0.5, 0.6) is 0 Å². The third-order valence-corrected chi connectivity index (χ3v) is 11.4. The van der Waals surface area contributed by atoms with Gasteiger partial charge < -0.3 is 0 Å². The molecule has 2 nitrogen and oxygen atoms in total. The van der Waals surface area contributed by atoms with Crippen LogP contribution in [0.25, 0.3) is 96.2 Å². The predicted octanol–water partition coefficient (Wildman–Crippen LogP) is 13.5. The minimum atomic E-state index is -0.390. The van der Waals surface area contributed by atoms with Gasteiger partial charge in [0.2, 0.25) is 0 Å². The first-order valence-corrected chi connectivity index (χ1v) is 17.8. The highest BCUT2D eigenvalue weighted by Crippen LogP contribution is 2.43. The van der Waals surface area contributed by atoms with E-state index in [2.05, 4.69) is 91.0 Å². The lowest BCUT2D eigenvalue weighted by atomic mass is 9.97. The molecule has 0 atom stereocenters. The molecule has 3 heterocycles. The summed E-state index contributed by atoms with van der Waals surface area (Å²) < 4.78 is 63.0. The number of nitrogens with zero attached hydrogens (tertiary/aromatic N) is 2. The Morgan fingerprint density at radius 1 is 0.420 bits per heavy atom. The van der Waals surface area contributed by atoms with Gasteiger partial charge in [0.05, 0.1) is 25.5 Å². The van der Waals surface area contributed by atoms with Crippen molar-refractivity contribution in [2.45, 2.75) is 0 Å². The Bertz CT molecular complexity index is 3270. The van der Waals surface area contributed by atoms with E-state index < -0.39 is 6.04 Å². The summed E-state index contributed by atoms with van der Waals surface area (Å²) in [7, 11) is 0. The molecule has 0 amide bonds. The number of benzene rings is 7. The average Bonchev–Trinajstić information content (AvgIpc) is 3.84. The first kappa shape index (κ1) is 22.6. The maximum atomic E-state index is 9.00. The van der Waals surface area contributed by atoms with Crippen molar-refractivity contribution in [3.8, 4) is 55.8 Å². The van der Waals surface area contributed by atoms with Crippen molar-refractivity contribution >= 4 is 63.1 Å². The molecule has 234 valence electrons. The minimum absolute atomic E-state index is 0.137. The van der Waals surface area contributed by atoms with E-state index in [-0.39, 0.29) is 47.0 Å². The molecule has 0 fully saturated rings. The van der Waals surface area contributed by atoms with E-state index in [0.717, 1.165) is 65.2 Å². The molecule has 10 aromatic rings. The number of hydrogen-bond donors (Lipinski definition) is 0. The number of hydrogen-bond acceptors (Lipinski definition) is 4. The fourth-order valence-electron chi connectivity index (χ4n) is 6.68. The summed E-state index contributed by atoms with van der Waals surface area (Å²) in [4.78, 5) is 9.49. The fourth-order valence-corrected chi connectivity index (χ4v) is 8.91. The lowest BCUT2D eigenvalue weighted by molar-refractivity contribution is 1.24. The summed E-state index contributed by atoms with van der Waals surface area (Å²) in [5.41, 5.74) is 10.2. The van der Waals surface area contributed by atoms with Crippen molar-refractivity contribution in [1.29, 1.82) is 0 Å². The molecule has 0 aliphatic rings. The smallest absolute Gasteiger partial charge is 0.116 e. The van der Waals surface area contributed by atoms with Gasteiger partial charge in [0, 0.05) is 35.8 Å². The molecule has 0 saturated carbocycles. The zero-order chi connectivity index (χ0) is 39.1. The minimum Gasteiger partial charge on any atom is -0.235 e. The molecule has 0 unspecified atom stereocenters. The van der Waals surface area contributed by atoms with Crippen LogP contribution in [-0.2, 0) is 0 Å². The molecule has 10 rings (SSSR count). The molecule has 50 heavy (non-hydrogen) atoms. The highest BCUT2D eigenvalue weighted by atomic mass is 32.1. The highest BCUT2D eigenvalue weighted by Gasteiger charge is 2.16. The third-order valence-electron chi connectivity index (χ3n) is 9.13. The van der Waals surface area contributed by atoms with Gasteiger partial charge in [0.15, 0.2) is 0 Å². The largest absolute Gasteiger partial charge is 0.235 e. The molecule has 3 aromatic heterocycles. The maximum Gasteiger partial charge on any atom is 0.116 e. The van der Waals surface area contributed by atoms with Crippen molar-refractivity contribution < 1.29 is 9.60 Å². The van der Waals surface area contributed by atoms with Crippen LogP contribution in [0.1, 0.15) is 9.60 Å². The maximum absolute atomic E-state index is 9.00. The molecule has 4 heteroatoms. The van der Waals surface area contributed by atoms with Crippen LogP contribution in [0.3, 0.4) is 0 Å². The molecule has 0 N–H and O–H groups in total. The topological polar surface area (TPSA) is 25.8 Å². The molecule has 0 spiro atoms. The Labute approximate surface area is 307 Å². The van der Waals surface area contributed by atoms with E-state index in [0.29, 0.717) is 20.5 Å². The molecule has 7 aromatic carbocycles. The van der Waals surface area contributed by atoms with E-state index in [1.165, 1.54) is 11.1 Å². The molecular weight excluding hydrogens is 645 g/mol. The zero-order valence-corrected chi connectivity index (χ0v) is 28.0. The van der Waals surface area contributed by atoms with Crippen molar-refractivity contribution in [1.82, 2.24) is 9.97 Å². The Kier molecular flexibility index (Phi) is 5.38. The Balaban J connectivity index is 1.04. The van der Waals surface area contributed by atoms with Gasteiger partial charge in [-0.1, -0.05) is 133 Å². The highest BCUT2D eigenvalue weighted by molar-refractivity contribution is 7.26. The van der Waals surface area contributed by atoms with Crippen molar-refractivity contribution in [3.05, 3.63) is 170 Å². The Morgan fingerprint density at radius 2 is 1.04 bits per heavy atom. The Morgan fingerprint density at radius 3 is 1.86 bits per heavy atom. The van der Waals surface area contributed by atoms with Crippen LogP contribution >= 0.6 is 22.7 Å². The number of aromatic nitrogens is 2. The number of thiophene rings is 2. The van der Waals surface area contributed by atoms with Gasteiger partial charge in [-0.25, -0.2) is 9.97 Å². The molecule has 0 radical (unpaired) electrons. The summed E-state index contributed by atoms with van der Waals surface area (Å²) in [6.07, 6.45) is 1.57. The van der Waals surface area contributed by atoms with Gasteiger partial charge >= 0.3 is 0 Å². The average molecular weight is 680 g/mol. The van der Waals surface area contributed by atoms with Crippen molar-refractivity contribution in [2.24, 2.45) is 0 Å². The first-order chi connectivity index (χ1) is 27.7. The van der Waals surface area contributed by atoms with Crippen LogP contribution in [0.15, 0.2) is 170 Å². The monoisotopic (exact) mass is 679 g/mol. The van der Waals surface area contributed by atoms with Crippen molar-refractivity contribution in [3.63, 3.8) is 0 Å². The summed E-state index contributed by atoms with van der Waals surface area (Å²) in [5.74, 6) is 0. The van der Waals surface area contributed by atoms with Gasteiger partial charge in [0.25, 0.3) is 0 Å². The second kappa shape index (κ2) is 11.9. The quantitative estimate of drug-likeness (QED) is 0.181. The van der Waals surface area contributed by atoms with Gasteiger partial charge in [-0.2, -0.15) is 0 Å². The van der Waals surface area contributed by atoms with Crippen molar-refractivity contribution in [2.75, 3.05) is 0 Å². The molecular formula is C46H28N2S2. The van der Waals surface area contributed by atoms with E-state index in [4.69, 9.17) is 19.6 Å².